The monoisotopic (exact) mass is 603 g/mol. The summed E-state index contributed by atoms with van der Waals surface area (Å²) in [5, 5.41) is 2.35. The van der Waals surface area contributed by atoms with E-state index >= 15 is 0 Å². The third kappa shape index (κ3) is 7.79. The zero-order chi connectivity index (χ0) is 22.3. The molecule has 0 fully saturated rings. The molecule has 0 saturated carbocycles. The number of nitrogens with one attached hydrogen (secondary N) is 1. The van der Waals surface area contributed by atoms with E-state index in [9.17, 15) is 0 Å². The zero-order valence-electron chi connectivity index (χ0n) is 14.4. The van der Waals surface area contributed by atoms with Crippen molar-refractivity contribution in [1.29, 1.82) is 0 Å². The molecule has 0 spiro atoms. The van der Waals surface area contributed by atoms with Crippen LogP contribution < -0.4 is 0 Å². The summed E-state index contributed by atoms with van der Waals surface area (Å²) in [4.78, 5) is 11.7. The van der Waals surface area contributed by atoms with E-state index in [1.165, 1.54) is 0 Å². The van der Waals surface area contributed by atoms with Crippen LogP contribution in [0.5, 0.6) is 0 Å². The summed E-state index contributed by atoms with van der Waals surface area (Å²) in [6.45, 7) is 0. The van der Waals surface area contributed by atoms with Gasteiger partial charge in [0, 0.05) is 10.0 Å². The summed E-state index contributed by atoms with van der Waals surface area (Å²) >= 11 is 36.4. The predicted molar refractivity (Wildman–Crippen MR) is 130 cm³/mol. The van der Waals surface area contributed by atoms with E-state index in [0.29, 0.717) is 41.5 Å². The Balaban J connectivity index is 0.00000101. The minimum atomic E-state index is 0.194. The van der Waals surface area contributed by atoms with Crippen molar-refractivity contribution in [3.63, 3.8) is 0 Å². The Morgan fingerprint density at radius 1 is 0.633 bits per heavy atom. The van der Waals surface area contributed by atoms with E-state index in [-0.39, 0.29) is 13.1 Å². The molecule has 12 heteroatoms. The van der Waals surface area contributed by atoms with E-state index < -0.39 is 0 Å². The fourth-order valence-corrected chi connectivity index (χ4v) is 3.99. The zero-order valence-corrected chi connectivity index (χ0v) is 21.5. The minimum absolute atomic E-state index is 0.194. The summed E-state index contributed by atoms with van der Waals surface area (Å²) < 4.78 is 0. The van der Waals surface area contributed by atoms with Gasteiger partial charge in [-0.2, -0.15) is 0 Å². The molecule has 1 N–H and O–H groups in total. The topological polar surface area (TPSA) is 40.5 Å². The van der Waals surface area contributed by atoms with Crippen molar-refractivity contribution in [3.8, 4) is 0 Å². The van der Waals surface area contributed by atoms with Crippen LogP contribution in [0, 0.1) is 0 Å². The molecule has 0 bridgehead atoms. The molecular weight excluding hydrogens is 598 g/mol. The Morgan fingerprint density at radius 2 is 0.933 bits per heavy atom. The number of benzene rings is 2. The van der Waals surface area contributed by atoms with Crippen molar-refractivity contribution in [3.05, 3.63) is 77.9 Å². The van der Waals surface area contributed by atoms with Gasteiger partial charge in [-0.3, -0.25) is 9.98 Å². The first-order valence-corrected chi connectivity index (χ1v) is 13.0. The first-order chi connectivity index (χ1) is 14.2. The standard InChI is InChI=1S/C18H9Cl6N3.2ClH.Fe/c19-9-3-13(21)17(14(22)4-9)25-7-11-1-2-12(27-11)8-26-18-15(23)5-10(20)6-16(18)24;;;/h1-8,27H;2*1H;/q;;;+2/p-2. The fourth-order valence-electron chi connectivity index (χ4n) is 2.16. The molecule has 0 aliphatic heterocycles. The van der Waals surface area contributed by atoms with Crippen LogP contribution in [0.1, 0.15) is 11.4 Å². The molecule has 1 heterocycles. The molecule has 1 aromatic heterocycles. The number of aliphatic imine (C=N–C) groups is 2. The Morgan fingerprint density at radius 3 is 1.23 bits per heavy atom. The molecule has 30 heavy (non-hydrogen) atoms. The van der Waals surface area contributed by atoms with Crippen LogP contribution in [-0.4, -0.2) is 17.4 Å². The van der Waals surface area contributed by atoms with Gasteiger partial charge in [0.15, 0.2) is 0 Å². The Hall–Kier alpha value is -0.101. The van der Waals surface area contributed by atoms with Gasteiger partial charge in [0.1, 0.15) is 11.4 Å². The van der Waals surface area contributed by atoms with Gasteiger partial charge < -0.3 is 4.98 Å². The molecule has 0 aliphatic rings. The van der Waals surface area contributed by atoms with Gasteiger partial charge in [-0.05, 0) is 36.4 Å². The van der Waals surface area contributed by atoms with Gasteiger partial charge in [-0.25, -0.2) is 0 Å². The average molecular weight is 607 g/mol. The molecule has 0 amide bonds. The van der Waals surface area contributed by atoms with Crippen molar-refractivity contribution in [2.75, 3.05) is 0 Å². The van der Waals surface area contributed by atoms with Gasteiger partial charge in [0.05, 0.1) is 43.9 Å². The Labute approximate surface area is 217 Å². The summed E-state index contributed by atoms with van der Waals surface area (Å²) in [6, 6.07) is 9.96. The van der Waals surface area contributed by atoms with Crippen LogP contribution in [0.3, 0.4) is 0 Å². The third-order valence-corrected chi connectivity index (χ3v) is 4.95. The fraction of sp³-hybridized carbons (Fsp3) is 0. The number of aromatic amines is 1. The first-order valence-electron chi connectivity index (χ1n) is 7.66. The van der Waals surface area contributed by atoms with Gasteiger partial charge in [0.25, 0.3) is 0 Å². The van der Waals surface area contributed by atoms with Crippen LogP contribution in [0.2, 0.25) is 30.1 Å². The van der Waals surface area contributed by atoms with Crippen LogP contribution >= 0.6 is 89.8 Å². The third-order valence-electron chi connectivity index (χ3n) is 3.36. The maximum atomic E-state index is 6.12. The van der Waals surface area contributed by atoms with Gasteiger partial charge in [-0.1, -0.05) is 69.6 Å². The van der Waals surface area contributed by atoms with Crippen LogP contribution in [0.15, 0.2) is 46.4 Å². The predicted octanol–water partition coefficient (Wildman–Crippen LogP) is 9.81. The van der Waals surface area contributed by atoms with Crippen LogP contribution in [-0.2, 0) is 13.1 Å². The molecular formula is C18H9Cl8FeN3. The summed E-state index contributed by atoms with van der Waals surface area (Å²) in [6.07, 6.45) is 3.20. The Bertz CT molecular complexity index is 953. The molecule has 3 rings (SSSR count). The molecule has 0 atom stereocenters. The SMILES string of the molecule is Clc1cc(Cl)c(N=Cc2ccc(C=Nc3c(Cl)cc(Cl)cc3Cl)[nH]2)c(Cl)c1.[Cl][Fe][Cl]. The molecule has 0 aliphatic carbocycles. The van der Waals surface area contributed by atoms with Crippen LogP contribution in [0.25, 0.3) is 0 Å². The van der Waals surface area contributed by atoms with E-state index in [1.54, 1.807) is 36.7 Å². The van der Waals surface area contributed by atoms with Crippen molar-refractivity contribution in [2.24, 2.45) is 9.98 Å². The maximum absolute atomic E-state index is 6.12. The van der Waals surface area contributed by atoms with E-state index in [2.05, 4.69) is 15.0 Å². The number of rotatable bonds is 4. The van der Waals surface area contributed by atoms with Crippen molar-refractivity contribution in [2.45, 2.75) is 0 Å². The number of hydrogen-bond donors (Lipinski definition) is 1. The number of nitrogens with zero attached hydrogens (tertiary/aromatic N) is 2. The molecule has 0 radical (unpaired) electrons. The average Bonchev–Trinajstić information content (AvgIpc) is 3.08. The number of H-pyrrole nitrogens is 1. The molecule has 3 nitrogen and oxygen atoms in total. The summed E-state index contributed by atoms with van der Waals surface area (Å²) in [5.74, 6) is 0. The quantitative estimate of drug-likeness (QED) is 0.227. The van der Waals surface area contributed by atoms with Crippen molar-refractivity contribution in [1.82, 2.24) is 4.98 Å². The molecule has 0 saturated heterocycles. The van der Waals surface area contributed by atoms with Crippen molar-refractivity contribution < 1.29 is 13.1 Å². The Kier molecular flexibility index (Phi) is 11.2. The molecule has 0 unspecified atom stereocenters. The number of hydrogen-bond acceptors (Lipinski definition) is 2. The summed E-state index contributed by atoms with van der Waals surface area (Å²) in [7, 11) is 9.53. The van der Waals surface area contributed by atoms with Gasteiger partial charge >= 0.3 is 33.3 Å². The molecule has 160 valence electrons. The second-order valence-corrected chi connectivity index (χ2v) is 9.70. The molecule has 3 aromatic rings. The van der Waals surface area contributed by atoms with Gasteiger partial charge in [-0.15, -0.1) is 0 Å². The van der Waals surface area contributed by atoms with Crippen LogP contribution in [0.4, 0.5) is 11.4 Å². The van der Waals surface area contributed by atoms with E-state index in [4.69, 9.17) is 89.8 Å². The van der Waals surface area contributed by atoms with Crippen molar-refractivity contribution >= 4 is 114 Å². The second kappa shape index (κ2) is 12.8. The van der Waals surface area contributed by atoms with Gasteiger partial charge in [0.2, 0.25) is 0 Å². The van der Waals surface area contributed by atoms with E-state index in [1.807, 2.05) is 12.1 Å². The second-order valence-electron chi connectivity index (χ2n) is 5.37. The normalized spacial score (nSPS) is 11.3. The first kappa shape index (κ1) is 26.2. The summed E-state index contributed by atoms with van der Waals surface area (Å²) in [5.41, 5.74) is 2.33. The number of aromatic nitrogens is 1. The molecule has 2 aromatic carbocycles. The number of halogens is 8. The van der Waals surface area contributed by atoms with E-state index in [0.717, 1.165) is 11.4 Å².